The maximum atomic E-state index is 9.34. The predicted molar refractivity (Wildman–Crippen MR) is 83.6 cm³/mol. The van der Waals surface area contributed by atoms with Gasteiger partial charge in [0.05, 0.1) is 17.3 Å². The van der Waals surface area contributed by atoms with E-state index in [0.717, 1.165) is 22.1 Å². The molecule has 1 unspecified atom stereocenters. The summed E-state index contributed by atoms with van der Waals surface area (Å²) in [5, 5.41) is 21.9. The number of hydrogen-bond donors (Lipinski definition) is 2. The molecule has 2 aromatic rings. The van der Waals surface area contributed by atoms with Gasteiger partial charge in [0.25, 0.3) is 0 Å². The Morgan fingerprint density at radius 1 is 1.25 bits per heavy atom. The van der Waals surface area contributed by atoms with E-state index in [0.29, 0.717) is 5.56 Å². The number of phenolic OH excluding ortho intramolecular Hbond substituents is 1. The lowest BCUT2D eigenvalue weighted by atomic mass is 10.0. The van der Waals surface area contributed by atoms with Gasteiger partial charge >= 0.3 is 0 Å². The summed E-state index contributed by atoms with van der Waals surface area (Å²) in [4.78, 5) is 0. The van der Waals surface area contributed by atoms with Gasteiger partial charge in [0.2, 0.25) is 0 Å². The Kier molecular flexibility index (Phi) is 4.65. The van der Waals surface area contributed by atoms with E-state index in [2.05, 4.69) is 34.2 Å². The van der Waals surface area contributed by atoms with Gasteiger partial charge in [-0.1, -0.05) is 35.0 Å². The normalized spacial score (nSPS) is 11.7. The summed E-state index contributed by atoms with van der Waals surface area (Å²) >= 11 is 3.37. The van der Waals surface area contributed by atoms with Crippen LogP contribution in [-0.4, -0.2) is 5.11 Å². The molecule has 2 rings (SSSR count). The quantitative estimate of drug-likeness (QED) is 0.861. The van der Waals surface area contributed by atoms with Crippen molar-refractivity contribution in [3.05, 3.63) is 58.1 Å². The van der Waals surface area contributed by atoms with Gasteiger partial charge in [0.1, 0.15) is 11.8 Å². The van der Waals surface area contributed by atoms with Crippen molar-refractivity contribution < 1.29 is 5.11 Å². The van der Waals surface area contributed by atoms with Crippen molar-refractivity contribution in [2.24, 2.45) is 0 Å². The Balaban J connectivity index is 2.27. The summed E-state index contributed by atoms with van der Waals surface area (Å²) in [5.74, 6) is 0.255. The third kappa shape index (κ3) is 3.31. The molecule has 4 heteroatoms. The molecule has 3 nitrogen and oxygen atoms in total. The fraction of sp³-hybridized carbons (Fsp3) is 0.188. The summed E-state index contributed by atoms with van der Waals surface area (Å²) in [7, 11) is 0. The molecule has 0 spiro atoms. The van der Waals surface area contributed by atoms with Gasteiger partial charge in [0.15, 0.2) is 0 Å². The molecule has 0 aliphatic heterocycles. The highest BCUT2D eigenvalue weighted by Crippen LogP contribution is 2.27. The Morgan fingerprint density at radius 3 is 2.55 bits per heavy atom. The molecule has 0 radical (unpaired) electrons. The van der Waals surface area contributed by atoms with Crippen molar-refractivity contribution in [2.75, 3.05) is 5.32 Å². The number of nitrogens with one attached hydrogen (secondary N) is 1. The van der Waals surface area contributed by atoms with E-state index in [1.807, 2.05) is 24.3 Å². The maximum Gasteiger partial charge on any atom is 0.115 e. The van der Waals surface area contributed by atoms with Crippen molar-refractivity contribution in [1.29, 1.82) is 5.26 Å². The molecular formula is C16H15BrN2O. The minimum Gasteiger partial charge on any atom is -0.508 e. The molecule has 2 aromatic carbocycles. The van der Waals surface area contributed by atoms with Gasteiger partial charge in [-0.05, 0) is 42.3 Å². The van der Waals surface area contributed by atoms with Crippen LogP contribution in [0, 0.1) is 11.3 Å². The fourth-order valence-corrected chi connectivity index (χ4v) is 2.41. The summed E-state index contributed by atoms with van der Waals surface area (Å²) in [6.45, 7) is 2.08. The van der Waals surface area contributed by atoms with E-state index < -0.39 is 0 Å². The second-order valence-corrected chi connectivity index (χ2v) is 5.41. The number of halogens is 1. The Bertz CT molecular complexity index is 632. The molecule has 102 valence electrons. The predicted octanol–water partition coefficient (Wildman–Crippen LogP) is 4.59. The van der Waals surface area contributed by atoms with Gasteiger partial charge in [0, 0.05) is 4.47 Å². The number of rotatable bonds is 4. The van der Waals surface area contributed by atoms with Gasteiger partial charge in [-0.2, -0.15) is 5.26 Å². The van der Waals surface area contributed by atoms with Gasteiger partial charge in [-0.25, -0.2) is 0 Å². The summed E-state index contributed by atoms with van der Waals surface area (Å²) in [6, 6.07) is 15.0. The molecule has 0 heterocycles. The van der Waals surface area contributed by atoms with E-state index in [-0.39, 0.29) is 11.8 Å². The average Bonchev–Trinajstić information content (AvgIpc) is 2.47. The average molecular weight is 331 g/mol. The van der Waals surface area contributed by atoms with E-state index in [4.69, 9.17) is 0 Å². The van der Waals surface area contributed by atoms with E-state index in [1.54, 1.807) is 18.2 Å². The van der Waals surface area contributed by atoms with E-state index in [9.17, 15) is 10.4 Å². The van der Waals surface area contributed by atoms with Crippen LogP contribution in [0.3, 0.4) is 0 Å². The number of benzene rings is 2. The number of phenols is 1. The first-order valence-electron chi connectivity index (χ1n) is 6.39. The third-order valence-electron chi connectivity index (χ3n) is 3.14. The highest BCUT2D eigenvalue weighted by molar-refractivity contribution is 9.10. The molecule has 1 atom stereocenters. The van der Waals surface area contributed by atoms with Crippen LogP contribution in [0.4, 0.5) is 5.69 Å². The largest absolute Gasteiger partial charge is 0.508 e. The van der Waals surface area contributed by atoms with Crippen LogP contribution in [-0.2, 0) is 0 Å². The van der Waals surface area contributed by atoms with E-state index in [1.165, 1.54) is 0 Å². The van der Waals surface area contributed by atoms with Crippen molar-refractivity contribution in [3.8, 4) is 11.8 Å². The molecule has 0 aliphatic rings. The lowest BCUT2D eigenvalue weighted by molar-refractivity contribution is 0.475. The molecule has 2 N–H and O–H groups in total. The number of nitriles is 1. The van der Waals surface area contributed by atoms with Crippen molar-refractivity contribution in [2.45, 2.75) is 19.4 Å². The standard InChI is InChI=1S/C16H15BrN2O/c1-2-15(11-3-6-14(20)7-4-11)19-16-8-5-13(17)9-12(16)10-18/h3-9,15,19-20H,2H2,1H3. The molecule has 0 fully saturated rings. The van der Waals surface area contributed by atoms with Crippen LogP contribution in [0.2, 0.25) is 0 Å². The molecular weight excluding hydrogens is 316 g/mol. The Labute approximate surface area is 127 Å². The summed E-state index contributed by atoms with van der Waals surface area (Å²) < 4.78 is 0.886. The molecule has 0 aliphatic carbocycles. The zero-order valence-electron chi connectivity index (χ0n) is 11.1. The number of hydrogen-bond acceptors (Lipinski definition) is 3. The van der Waals surface area contributed by atoms with Crippen molar-refractivity contribution in [1.82, 2.24) is 0 Å². The monoisotopic (exact) mass is 330 g/mol. The molecule has 0 bridgehead atoms. The zero-order chi connectivity index (χ0) is 14.5. The smallest absolute Gasteiger partial charge is 0.115 e. The second kappa shape index (κ2) is 6.44. The number of aromatic hydroxyl groups is 1. The minimum atomic E-state index is 0.101. The first-order chi connectivity index (χ1) is 9.63. The summed E-state index contributed by atoms with van der Waals surface area (Å²) in [5.41, 5.74) is 2.50. The highest BCUT2D eigenvalue weighted by atomic mass is 79.9. The van der Waals surface area contributed by atoms with Gasteiger partial charge < -0.3 is 10.4 Å². The van der Waals surface area contributed by atoms with Gasteiger partial charge in [-0.15, -0.1) is 0 Å². The van der Waals surface area contributed by atoms with E-state index >= 15 is 0 Å². The molecule has 0 saturated heterocycles. The topological polar surface area (TPSA) is 56.0 Å². The summed E-state index contributed by atoms with van der Waals surface area (Å²) in [6.07, 6.45) is 0.881. The second-order valence-electron chi connectivity index (χ2n) is 4.50. The Hall–Kier alpha value is -1.99. The third-order valence-corrected chi connectivity index (χ3v) is 3.63. The maximum absolute atomic E-state index is 9.34. The van der Waals surface area contributed by atoms with Crippen LogP contribution in [0.1, 0.15) is 30.5 Å². The number of anilines is 1. The lowest BCUT2D eigenvalue weighted by Crippen LogP contribution is -2.10. The SMILES string of the molecule is CCC(Nc1ccc(Br)cc1C#N)c1ccc(O)cc1. The first kappa shape index (κ1) is 14.4. The first-order valence-corrected chi connectivity index (χ1v) is 7.18. The Morgan fingerprint density at radius 2 is 1.95 bits per heavy atom. The molecule has 0 saturated carbocycles. The van der Waals surface area contributed by atoms with Crippen LogP contribution in [0.5, 0.6) is 5.75 Å². The van der Waals surface area contributed by atoms with Crippen molar-refractivity contribution >= 4 is 21.6 Å². The van der Waals surface area contributed by atoms with Gasteiger partial charge in [-0.3, -0.25) is 0 Å². The molecule has 0 aromatic heterocycles. The lowest BCUT2D eigenvalue weighted by Gasteiger charge is -2.19. The van der Waals surface area contributed by atoms with Crippen LogP contribution in [0.25, 0.3) is 0 Å². The highest BCUT2D eigenvalue weighted by Gasteiger charge is 2.11. The molecule has 20 heavy (non-hydrogen) atoms. The molecule has 0 amide bonds. The fourth-order valence-electron chi connectivity index (χ4n) is 2.05. The number of nitrogens with zero attached hydrogens (tertiary/aromatic N) is 1. The zero-order valence-corrected chi connectivity index (χ0v) is 12.7. The minimum absolute atomic E-state index is 0.101. The van der Waals surface area contributed by atoms with Crippen LogP contribution in [0.15, 0.2) is 46.9 Å². The van der Waals surface area contributed by atoms with Crippen LogP contribution >= 0.6 is 15.9 Å². The van der Waals surface area contributed by atoms with Crippen LogP contribution < -0.4 is 5.32 Å². The van der Waals surface area contributed by atoms with Crippen molar-refractivity contribution in [3.63, 3.8) is 0 Å².